The summed E-state index contributed by atoms with van der Waals surface area (Å²) in [6.07, 6.45) is 5.19. The van der Waals surface area contributed by atoms with E-state index in [9.17, 15) is 4.79 Å². The average molecular weight is 397 g/mol. The Labute approximate surface area is 174 Å². The van der Waals surface area contributed by atoms with Gasteiger partial charge >= 0.3 is 0 Å². The van der Waals surface area contributed by atoms with Crippen LogP contribution in [-0.4, -0.2) is 44.9 Å². The Bertz CT molecular complexity index is 1190. The molecule has 0 aliphatic carbocycles. The number of amides is 1. The first kappa shape index (κ1) is 18.5. The van der Waals surface area contributed by atoms with Gasteiger partial charge in [-0.25, -0.2) is 4.98 Å². The topological polar surface area (TPSA) is 87.9 Å². The second kappa shape index (κ2) is 7.72. The largest absolute Gasteiger partial charge is 0.339 e. The molecule has 3 aromatic heterocycles. The summed E-state index contributed by atoms with van der Waals surface area (Å²) in [5, 5.41) is 1.03. The molecule has 1 fully saturated rings. The van der Waals surface area contributed by atoms with Gasteiger partial charge in [-0.05, 0) is 48.2 Å². The molecule has 1 saturated heterocycles. The third-order valence-electron chi connectivity index (χ3n) is 5.69. The fraction of sp³-hybridized carbons (Fsp3) is 0.208. The number of aromatic nitrogens is 3. The van der Waals surface area contributed by atoms with Crippen molar-refractivity contribution in [2.45, 2.75) is 18.9 Å². The SMILES string of the molecule is NC1CCN(C(=O)c2cc(-c3cnc4[nH]c(-c5ccccc5)cc4c3)ccn2)CC1. The van der Waals surface area contributed by atoms with E-state index in [1.165, 1.54) is 0 Å². The molecule has 1 amide bonds. The lowest BCUT2D eigenvalue weighted by atomic mass is 10.0. The van der Waals surface area contributed by atoms with E-state index < -0.39 is 0 Å². The van der Waals surface area contributed by atoms with Crippen LogP contribution in [0.15, 0.2) is 67.0 Å². The minimum atomic E-state index is -0.0363. The third kappa shape index (κ3) is 3.57. The second-order valence-corrected chi connectivity index (χ2v) is 7.77. The maximum Gasteiger partial charge on any atom is 0.272 e. The number of benzene rings is 1. The molecule has 1 aromatic carbocycles. The third-order valence-corrected chi connectivity index (χ3v) is 5.69. The Morgan fingerprint density at radius 2 is 1.77 bits per heavy atom. The molecule has 1 aliphatic heterocycles. The van der Waals surface area contributed by atoms with Crippen LogP contribution in [0.3, 0.4) is 0 Å². The van der Waals surface area contributed by atoms with Gasteiger partial charge < -0.3 is 15.6 Å². The van der Waals surface area contributed by atoms with Crippen molar-refractivity contribution in [1.82, 2.24) is 19.9 Å². The minimum Gasteiger partial charge on any atom is -0.339 e. The zero-order valence-electron chi connectivity index (χ0n) is 16.6. The minimum absolute atomic E-state index is 0.0363. The van der Waals surface area contributed by atoms with E-state index in [2.05, 4.69) is 39.2 Å². The fourth-order valence-corrected chi connectivity index (χ4v) is 3.94. The number of pyridine rings is 2. The smallest absolute Gasteiger partial charge is 0.272 e. The van der Waals surface area contributed by atoms with E-state index in [1.807, 2.05) is 41.4 Å². The zero-order valence-corrected chi connectivity index (χ0v) is 16.6. The molecule has 0 unspecified atom stereocenters. The predicted molar refractivity (Wildman–Crippen MR) is 118 cm³/mol. The standard InChI is InChI=1S/C24H23N5O/c25-20-7-10-29(11-8-20)24(30)22-13-17(6-9-26-22)19-12-18-14-21(28-23(18)27-15-19)16-4-2-1-3-5-16/h1-6,9,12-15,20H,7-8,10-11,25H2,(H,27,28). The summed E-state index contributed by atoms with van der Waals surface area (Å²) < 4.78 is 0. The molecule has 0 atom stereocenters. The van der Waals surface area contributed by atoms with Crippen LogP contribution < -0.4 is 5.73 Å². The number of piperidine rings is 1. The molecule has 5 rings (SSSR count). The Balaban J connectivity index is 1.44. The first-order valence-electron chi connectivity index (χ1n) is 10.2. The van der Waals surface area contributed by atoms with Crippen molar-refractivity contribution in [3.8, 4) is 22.4 Å². The number of hydrogen-bond acceptors (Lipinski definition) is 4. The second-order valence-electron chi connectivity index (χ2n) is 7.77. The summed E-state index contributed by atoms with van der Waals surface area (Å²) >= 11 is 0. The summed E-state index contributed by atoms with van der Waals surface area (Å²) in [6.45, 7) is 1.37. The number of H-pyrrole nitrogens is 1. The molecule has 6 nitrogen and oxygen atoms in total. The number of nitrogens with one attached hydrogen (secondary N) is 1. The van der Waals surface area contributed by atoms with Gasteiger partial charge in [0.2, 0.25) is 0 Å². The van der Waals surface area contributed by atoms with Gasteiger partial charge in [-0.3, -0.25) is 9.78 Å². The number of carbonyl (C=O) groups excluding carboxylic acids is 1. The van der Waals surface area contributed by atoms with E-state index >= 15 is 0 Å². The van der Waals surface area contributed by atoms with Crippen LogP contribution >= 0.6 is 0 Å². The molecule has 4 heterocycles. The van der Waals surface area contributed by atoms with Crippen LogP contribution in [0.2, 0.25) is 0 Å². The van der Waals surface area contributed by atoms with Crippen molar-refractivity contribution in [2.24, 2.45) is 5.73 Å². The van der Waals surface area contributed by atoms with Gasteiger partial charge in [0.15, 0.2) is 0 Å². The molecule has 1 aliphatic rings. The van der Waals surface area contributed by atoms with Gasteiger partial charge in [0.25, 0.3) is 5.91 Å². The number of nitrogens with zero attached hydrogens (tertiary/aromatic N) is 3. The quantitative estimate of drug-likeness (QED) is 0.550. The molecule has 150 valence electrons. The highest BCUT2D eigenvalue weighted by Gasteiger charge is 2.22. The number of carbonyl (C=O) groups is 1. The Morgan fingerprint density at radius 1 is 0.967 bits per heavy atom. The number of fused-ring (bicyclic) bond motifs is 1. The maximum atomic E-state index is 12.9. The molecular formula is C24H23N5O. The lowest BCUT2D eigenvalue weighted by molar-refractivity contribution is 0.0709. The van der Waals surface area contributed by atoms with Crippen molar-refractivity contribution in [3.63, 3.8) is 0 Å². The Morgan fingerprint density at radius 3 is 2.57 bits per heavy atom. The number of likely N-dealkylation sites (tertiary alicyclic amines) is 1. The fourth-order valence-electron chi connectivity index (χ4n) is 3.94. The Hall–Kier alpha value is -3.51. The van der Waals surface area contributed by atoms with Crippen molar-refractivity contribution in [1.29, 1.82) is 0 Å². The van der Waals surface area contributed by atoms with Crippen LogP contribution in [0.5, 0.6) is 0 Å². The highest BCUT2D eigenvalue weighted by molar-refractivity contribution is 5.94. The summed E-state index contributed by atoms with van der Waals surface area (Å²) in [5.41, 5.74) is 11.3. The zero-order chi connectivity index (χ0) is 20.5. The number of rotatable bonds is 3. The Kier molecular flexibility index (Phi) is 4.77. The van der Waals surface area contributed by atoms with Crippen molar-refractivity contribution < 1.29 is 4.79 Å². The van der Waals surface area contributed by atoms with Gasteiger partial charge in [-0.2, -0.15) is 0 Å². The number of hydrogen-bond donors (Lipinski definition) is 2. The van der Waals surface area contributed by atoms with Crippen molar-refractivity contribution in [3.05, 3.63) is 72.7 Å². The molecule has 0 bridgehead atoms. The van der Waals surface area contributed by atoms with E-state index in [-0.39, 0.29) is 11.9 Å². The molecule has 0 radical (unpaired) electrons. The summed E-state index contributed by atoms with van der Waals surface area (Å²) in [5.74, 6) is -0.0363. The van der Waals surface area contributed by atoms with Crippen molar-refractivity contribution in [2.75, 3.05) is 13.1 Å². The first-order valence-corrected chi connectivity index (χ1v) is 10.2. The first-order chi connectivity index (χ1) is 14.7. The summed E-state index contributed by atoms with van der Waals surface area (Å²) in [6, 6.07) is 18.3. The van der Waals surface area contributed by atoms with Crippen molar-refractivity contribution >= 4 is 16.9 Å². The monoisotopic (exact) mass is 397 g/mol. The van der Waals surface area contributed by atoms with Crippen LogP contribution in [0, 0.1) is 0 Å². The highest BCUT2D eigenvalue weighted by atomic mass is 16.2. The predicted octanol–water partition coefficient (Wildman–Crippen LogP) is 3.86. The lowest BCUT2D eigenvalue weighted by Crippen LogP contribution is -2.43. The molecule has 0 spiro atoms. The van der Waals surface area contributed by atoms with Gasteiger partial charge in [0.05, 0.1) is 0 Å². The van der Waals surface area contributed by atoms with Crippen LogP contribution in [0.25, 0.3) is 33.4 Å². The van der Waals surface area contributed by atoms with Gasteiger partial charge in [-0.1, -0.05) is 30.3 Å². The average Bonchev–Trinajstić information content (AvgIpc) is 3.23. The van der Waals surface area contributed by atoms with E-state index in [4.69, 9.17) is 5.73 Å². The number of aromatic amines is 1. The van der Waals surface area contributed by atoms with Gasteiger partial charge in [0.1, 0.15) is 11.3 Å². The number of nitrogens with two attached hydrogens (primary N) is 1. The summed E-state index contributed by atoms with van der Waals surface area (Å²) in [7, 11) is 0. The normalized spacial score (nSPS) is 14.9. The maximum absolute atomic E-state index is 12.9. The van der Waals surface area contributed by atoms with Gasteiger partial charge in [-0.15, -0.1) is 0 Å². The lowest BCUT2D eigenvalue weighted by Gasteiger charge is -2.29. The molecule has 6 heteroatoms. The molecule has 0 saturated carbocycles. The van der Waals surface area contributed by atoms with E-state index in [0.29, 0.717) is 18.8 Å². The van der Waals surface area contributed by atoms with E-state index in [0.717, 1.165) is 46.3 Å². The molecule has 4 aromatic rings. The van der Waals surface area contributed by atoms with E-state index in [1.54, 1.807) is 6.20 Å². The molecule has 3 N–H and O–H groups in total. The highest BCUT2D eigenvalue weighted by Crippen LogP contribution is 2.27. The molecular weight excluding hydrogens is 374 g/mol. The molecule has 30 heavy (non-hydrogen) atoms. The van der Waals surface area contributed by atoms with Crippen LogP contribution in [-0.2, 0) is 0 Å². The van der Waals surface area contributed by atoms with Crippen LogP contribution in [0.4, 0.5) is 0 Å². The summed E-state index contributed by atoms with van der Waals surface area (Å²) in [4.78, 5) is 27.0. The van der Waals surface area contributed by atoms with Gasteiger partial charge in [0, 0.05) is 48.2 Å². The van der Waals surface area contributed by atoms with Crippen LogP contribution in [0.1, 0.15) is 23.3 Å².